The van der Waals surface area contributed by atoms with E-state index in [1.165, 1.54) is 0 Å². The van der Waals surface area contributed by atoms with E-state index < -0.39 is 0 Å². The van der Waals surface area contributed by atoms with Crippen molar-refractivity contribution in [3.63, 3.8) is 0 Å². The highest BCUT2D eigenvalue weighted by molar-refractivity contribution is 7.13. The van der Waals surface area contributed by atoms with Gasteiger partial charge in [0, 0.05) is 46.1 Å². The predicted molar refractivity (Wildman–Crippen MR) is 137 cm³/mol. The van der Waals surface area contributed by atoms with Gasteiger partial charge in [-0.25, -0.2) is 15.0 Å². The number of imidazole rings is 1. The first kappa shape index (κ1) is 21.1. The number of pyridine rings is 3. The fraction of sp³-hybridized carbons (Fsp3) is 0.120. The molecule has 0 saturated carbocycles. The van der Waals surface area contributed by atoms with Crippen LogP contribution in [0.15, 0.2) is 60.5 Å². The number of fused-ring (bicyclic) bond motifs is 2. The van der Waals surface area contributed by atoms with E-state index in [0.717, 1.165) is 32.5 Å². The Morgan fingerprint density at radius 2 is 1.94 bits per heavy atom. The zero-order valence-corrected chi connectivity index (χ0v) is 19.7. The number of thiophene rings is 1. The normalized spacial score (nSPS) is 11.5. The van der Waals surface area contributed by atoms with Crippen molar-refractivity contribution >= 4 is 45.1 Å². The summed E-state index contributed by atoms with van der Waals surface area (Å²) in [4.78, 5) is 34.7. The summed E-state index contributed by atoms with van der Waals surface area (Å²) in [6, 6.07) is 9.94. The van der Waals surface area contributed by atoms with Gasteiger partial charge in [0.1, 0.15) is 11.2 Å². The fourth-order valence-electron chi connectivity index (χ4n) is 3.85. The third kappa shape index (κ3) is 3.83. The van der Waals surface area contributed by atoms with Crippen LogP contribution in [-0.2, 0) is 4.79 Å². The molecule has 3 N–H and O–H groups in total. The molecule has 9 nitrogen and oxygen atoms in total. The average molecular weight is 481 g/mol. The lowest BCUT2D eigenvalue weighted by molar-refractivity contribution is -0.118. The maximum Gasteiger partial charge on any atom is 0.226 e. The highest BCUT2D eigenvalue weighted by atomic mass is 32.1. The van der Waals surface area contributed by atoms with Gasteiger partial charge in [0.05, 0.1) is 17.3 Å². The Labute approximate surface area is 203 Å². The Kier molecular flexibility index (Phi) is 5.07. The second-order valence-electron chi connectivity index (χ2n) is 8.42. The van der Waals surface area contributed by atoms with E-state index in [4.69, 9.17) is 4.98 Å². The monoisotopic (exact) mass is 480 g/mol. The number of aromatic amines is 2. The van der Waals surface area contributed by atoms with E-state index in [1.54, 1.807) is 36.1 Å². The molecule has 0 aliphatic rings. The Bertz CT molecular complexity index is 1680. The molecule has 0 bridgehead atoms. The minimum atomic E-state index is -0.121. The summed E-state index contributed by atoms with van der Waals surface area (Å²) in [5.41, 5.74) is 6.14. The SMILES string of the molecule is CC(C)C(=O)Nc1cncc(-c2cnc3[nH]nc(-c4nc5c(-c6cccs6)ccnc5[nH]4)c3c2)c1. The summed E-state index contributed by atoms with van der Waals surface area (Å²) in [5, 5.41) is 13.2. The van der Waals surface area contributed by atoms with Crippen molar-refractivity contribution in [3.8, 4) is 33.1 Å². The summed E-state index contributed by atoms with van der Waals surface area (Å²) in [6.45, 7) is 3.70. The zero-order valence-electron chi connectivity index (χ0n) is 18.9. The van der Waals surface area contributed by atoms with E-state index >= 15 is 0 Å². The quantitative estimate of drug-likeness (QED) is 0.308. The molecule has 0 atom stereocenters. The van der Waals surface area contributed by atoms with Gasteiger partial charge in [-0.15, -0.1) is 11.3 Å². The van der Waals surface area contributed by atoms with Crippen LogP contribution in [0.5, 0.6) is 0 Å². The van der Waals surface area contributed by atoms with Crippen molar-refractivity contribution < 1.29 is 4.79 Å². The maximum atomic E-state index is 12.1. The summed E-state index contributed by atoms with van der Waals surface area (Å²) in [6.07, 6.45) is 6.90. The van der Waals surface area contributed by atoms with Crippen LogP contribution in [0.25, 0.3) is 55.3 Å². The molecule has 0 unspecified atom stereocenters. The van der Waals surface area contributed by atoms with E-state index in [-0.39, 0.29) is 11.8 Å². The van der Waals surface area contributed by atoms with Gasteiger partial charge in [-0.05, 0) is 29.6 Å². The molecule has 0 aliphatic heterocycles. The second kappa shape index (κ2) is 8.41. The molecule has 0 spiro atoms. The first-order valence-electron chi connectivity index (χ1n) is 11.1. The molecule has 0 saturated heterocycles. The maximum absolute atomic E-state index is 12.1. The highest BCUT2D eigenvalue weighted by Crippen LogP contribution is 2.33. The molecule has 10 heteroatoms. The van der Waals surface area contributed by atoms with Gasteiger partial charge in [0.2, 0.25) is 5.91 Å². The van der Waals surface area contributed by atoms with E-state index in [1.807, 2.05) is 43.5 Å². The van der Waals surface area contributed by atoms with Crippen LogP contribution in [-0.4, -0.2) is 41.0 Å². The molecule has 0 fully saturated rings. The number of carbonyl (C=O) groups is 1. The largest absolute Gasteiger partial charge is 0.324 e. The Morgan fingerprint density at radius 1 is 1.06 bits per heavy atom. The van der Waals surface area contributed by atoms with Crippen LogP contribution in [0.1, 0.15) is 13.8 Å². The number of nitrogens with zero attached hydrogens (tertiary/aromatic N) is 5. The minimum Gasteiger partial charge on any atom is -0.324 e. The van der Waals surface area contributed by atoms with Gasteiger partial charge >= 0.3 is 0 Å². The first-order valence-corrected chi connectivity index (χ1v) is 11.9. The molecule has 6 heterocycles. The number of carbonyl (C=O) groups excluding carboxylic acids is 1. The topological polar surface area (TPSA) is 125 Å². The standard InChI is InChI=1S/C25H20N8OS/c1-13(2)25(34)29-16-8-14(10-26-12-16)15-9-18-21(32-33-22(18)28-11-15)24-30-20-17(19-4-3-7-35-19)5-6-27-23(20)31-24/h3-13H,1-2H3,(H,29,34)(H,27,30,31)(H,28,32,33). The summed E-state index contributed by atoms with van der Waals surface area (Å²) < 4.78 is 0. The van der Waals surface area contributed by atoms with Gasteiger partial charge in [-0.1, -0.05) is 19.9 Å². The molecule has 6 aromatic heterocycles. The molecular formula is C25H20N8OS. The third-order valence-electron chi connectivity index (χ3n) is 5.68. The molecule has 1 amide bonds. The van der Waals surface area contributed by atoms with Crippen molar-refractivity contribution in [2.24, 2.45) is 5.92 Å². The van der Waals surface area contributed by atoms with Crippen LogP contribution in [0.2, 0.25) is 0 Å². The van der Waals surface area contributed by atoms with E-state index in [9.17, 15) is 4.79 Å². The molecule has 172 valence electrons. The molecular weight excluding hydrogens is 460 g/mol. The summed E-state index contributed by atoms with van der Waals surface area (Å²) in [7, 11) is 0. The second-order valence-corrected chi connectivity index (χ2v) is 9.36. The number of rotatable bonds is 5. The lowest BCUT2D eigenvalue weighted by Crippen LogP contribution is -2.17. The van der Waals surface area contributed by atoms with Gasteiger partial charge in [-0.3, -0.25) is 14.9 Å². The van der Waals surface area contributed by atoms with Crippen LogP contribution in [0, 0.1) is 5.92 Å². The molecule has 6 aromatic rings. The van der Waals surface area contributed by atoms with Crippen molar-refractivity contribution in [1.82, 2.24) is 35.1 Å². The van der Waals surface area contributed by atoms with Crippen LogP contribution in [0.4, 0.5) is 5.69 Å². The molecule has 6 rings (SSSR count). The minimum absolute atomic E-state index is 0.0601. The Morgan fingerprint density at radius 3 is 2.77 bits per heavy atom. The predicted octanol–water partition coefficient (Wildman–Crippen LogP) is 5.28. The number of anilines is 1. The van der Waals surface area contributed by atoms with Gasteiger partial charge in [0.15, 0.2) is 17.1 Å². The number of H-pyrrole nitrogens is 2. The number of hydrogen-bond donors (Lipinski definition) is 3. The summed E-state index contributed by atoms with van der Waals surface area (Å²) >= 11 is 1.66. The van der Waals surface area contributed by atoms with E-state index in [0.29, 0.717) is 28.5 Å². The molecule has 0 radical (unpaired) electrons. The number of hydrogen-bond acceptors (Lipinski definition) is 7. The van der Waals surface area contributed by atoms with Crippen LogP contribution < -0.4 is 5.32 Å². The van der Waals surface area contributed by atoms with Crippen LogP contribution in [0.3, 0.4) is 0 Å². The van der Waals surface area contributed by atoms with Crippen molar-refractivity contribution in [1.29, 1.82) is 0 Å². The molecule has 35 heavy (non-hydrogen) atoms. The Balaban J connectivity index is 1.41. The van der Waals surface area contributed by atoms with Gasteiger partial charge < -0.3 is 10.3 Å². The fourth-order valence-corrected chi connectivity index (χ4v) is 4.60. The number of nitrogens with one attached hydrogen (secondary N) is 3. The lowest BCUT2D eigenvalue weighted by atomic mass is 10.1. The van der Waals surface area contributed by atoms with Crippen LogP contribution >= 0.6 is 11.3 Å². The third-order valence-corrected chi connectivity index (χ3v) is 6.58. The van der Waals surface area contributed by atoms with Crippen molar-refractivity contribution in [3.05, 3.63) is 60.5 Å². The highest BCUT2D eigenvalue weighted by Gasteiger charge is 2.17. The summed E-state index contributed by atoms with van der Waals surface area (Å²) in [5.74, 6) is 0.427. The number of amides is 1. The van der Waals surface area contributed by atoms with Gasteiger partial charge in [0.25, 0.3) is 0 Å². The van der Waals surface area contributed by atoms with Crippen molar-refractivity contribution in [2.45, 2.75) is 13.8 Å². The van der Waals surface area contributed by atoms with E-state index in [2.05, 4.69) is 41.5 Å². The zero-order chi connectivity index (χ0) is 23.9. The molecule has 0 aromatic carbocycles. The smallest absolute Gasteiger partial charge is 0.226 e. The van der Waals surface area contributed by atoms with Crippen molar-refractivity contribution in [2.75, 3.05) is 5.32 Å². The molecule has 0 aliphatic carbocycles. The first-order chi connectivity index (χ1) is 17.1. The average Bonchev–Trinajstić information content (AvgIpc) is 3.62. The number of aromatic nitrogens is 7. The Hall–Kier alpha value is -4.44. The van der Waals surface area contributed by atoms with Gasteiger partial charge in [-0.2, -0.15) is 5.10 Å². The lowest BCUT2D eigenvalue weighted by Gasteiger charge is -2.09.